The van der Waals surface area contributed by atoms with Crippen LogP contribution in [-0.4, -0.2) is 18.1 Å². The quantitative estimate of drug-likeness (QED) is 0.515. The van der Waals surface area contributed by atoms with Crippen molar-refractivity contribution in [2.75, 3.05) is 13.2 Å². The summed E-state index contributed by atoms with van der Waals surface area (Å²) in [6, 6.07) is 0. The van der Waals surface area contributed by atoms with E-state index in [2.05, 4.69) is 0 Å². The third kappa shape index (κ3) is 3.46. The normalized spacial score (nSPS) is 23.1. The number of allylic oxidation sites excluding steroid dienone is 1. The molecule has 0 amide bonds. The first-order valence-electron chi connectivity index (χ1n) is 5.02. The number of nitro groups is 1. The number of rotatable bonds is 4. The molecule has 0 N–H and O–H groups in total. The molecular formula is C10H17NO3. The van der Waals surface area contributed by atoms with E-state index >= 15 is 0 Å². The molecular weight excluding hydrogens is 182 g/mol. The Bertz CT molecular complexity index is 230. The molecule has 1 fully saturated rings. The van der Waals surface area contributed by atoms with E-state index < -0.39 is 0 Å². The van der Waals surface area contributed by atoms with Gasteiger partial charge in [-0.05, 0) is 18.4 Å². The van der Waals surface area contributed by atoms with Crippen molar-refractivity contribution in [3.05, 3.63) is 21.9 Å². The fourth-order valence-electron chi connectivity index (χ4n) is 1.58. The van der Waals surface area contributed by atoms with Crippen LogP contribution >= 0.6 is 0 Å². The predicted molar refractivity (Wildman–Crippen MR) is 53.5 cm³/mol. The second-order valence-corrected chi connectivity index (χ2v) is 4.14. The first-order valence-corrected chi connectivity index (χ1v) is 5.02. The lowest BCUT2D eigenvalue weighted by atomic mass is 10.0. The van der Waals surface area contributed by atoms with Gasteiger partial charge in [0.25, 0.3) is 0 Å². The van der Waals surface area contributed by atoms with E-state index in [4.69, 9.17) is 4.74 Å². The first-order chi connectivity index (χ1) is 6.59. The van der Waals surface area contributed by atoms with Gasteiger partial charge in [0.05, 0.1) is 11.5 Å². The van der Waals surface area contributed by atoms with Crippen molar-refractivity contribution in [1.29, 1.82) is 0 Å². The molecule has 1 unspecified atom stereocenters. The van der Waals surface area contributed by atoms with Crippen molar-refractivity contribution in [3.63, 3.8) is 0 Å². The van der Waals surface area contributed by atoms with E-state index in [1.54, 1.807) is 6.08 Å². The third-order valence-corrected chi connectivity index (χ3v) is 2.24. The number of hydrogen-bond acceptors (Lipinski definition) is 3. The molecule has 1 aliphatic rings. The standard InChI is InChI=1S/C10H17NO3/c1-8(2)5-10(11(12)13)6-9-3-4-14-7-9/h6,8-9H,3-5,7H2,1-2H3/b10-6+. The SMILES string of the molecule is CC(C)C/C(=C\C1CCOC1)[N+](=O)[O-]. The van der Waals surface area contributed by atoms with Crippen LogP contribution in [0.3, 0.4) is 0 Å². The Morgan fingerprint density at radius 1 is 1.71 bits per heavy atom. The molecule has 4 heteroatoms. The van der Waals surface area contributed by atoms with E-state index in [9.17, 15) is 10.1 Å². The average Bonchev–Trinajstić information content (AvgIpc) is 2.54. The maximum Gasteiger partial charge on any atom is 0.242 e. The Morgan fingerprint density at radius 3 is 2.86 bits per heavy atom. The van der Waals surface area contributed by atoms with Crippen molar-refractivity contribution >= 4 is 0 Å². The van der Waals surface area contributed by atoms with Gasteiger partial charge in [0.2, 0.25) is 5.70 Å². The Labute approximate surface area is 84.1 Å². The molecule has 1 saturated heterocycles. The molecule has 0 aromatic rings. The molecule has 0 saturated carbocycles. The second-order valence-electron chi connectivity index (χ2n) is 4.14. The lowest BCUT2D eigenvalue weighted by molar-refractivity contribution is -0.429. The van der Waals surface area contributed by atoms with Crippen LogP contribution in [-0.2, 0) is 4.74 Å². The third-order valence-electron chi connectivity index (χ3n) is 2.24. The van der Waals surface area contributed by atoms with E-state index in [1.807, 2.05) is 13.8 Å². The lowest BCUT2D eigenvalue weighted by Gasteiger charge is -2.04. The zero-order valence-corrected chi connectivity index (χ0v) is 8.73. The van der Waals surface area contributed by atoms with Gasteiger partial charge in [-0.3, -0.25) is 10.1 Å². The molecule has 1 atom stereocenters. The summed E-state index contributed by atoms with van der Waals surface area (Å²) in [6.45, 7) is 5.34. The highest BCUT2D eigenvalue weighted by Gasteiger charge is 2.19. The monoisotopic (exact) mass is 199 g/mol. The molecule has 14 heavy (non-hydrogen) atoms. The Morgan fingerprint density at radius 2 is 2.43 bits per heavy atom. The van der Waals surface area contributed by atoms with Gasteiger partial charge in [0.15, 0.2) is 0 Å². The summed E-state index contributed by atoms with van der Waals surface area (Å²) in [4.78, 5) is 10.5. The zero-order chi connectivity index (χ0) is 10.6. The highest BCUT2D eigenvalue weighted by molar-refractivity contribution is 4.97. The molecule has 1 aliphatic heterocycles. The summed E-state index contributed by atoms with van der Waals surface area (Å²) in [5.74, 6) is 0.572. The topological polar surface area (TPSA) is 52.4 Å². The molecule has 0 aromatic heterocycles. The van der Waals surface area contributed by atoms with Gasteiger partial charge < -0.3 is 4.74 Å². The highest BCUT2D eigenvalue weighted by Crippen LogP contribution is 2.19. The first kappa shape index (κ1) is 11.2. The Kier molecular flexibility index (Phi) is 4.07. The van der Waals surface area contributed by atoms with Crippen molar-refractivity contribution in [1.82, 2.24) is 0 Å². The number of ether oxygens (including phenoxy) is 1. The summed E-state index contributed by atoms with van der Waals surface area (Å²) < 4.78 is 5.18. The highest BCUT2D eigenvalue weighted by atomic mass is 16.6. The zero-order valence-electron chi connectivity index (χ0n) is 8.73. The van der Waals surface area contributed by atoms with Crippen molar-refractivity contribution in [2.24, 2.45) is 11.8 Å². The summed E-state index contributed by atoms with van der Waals surface area (Å²) in [5.41, 5.74) is 0.343. The van der Waals surface area contributed by atoms with E-state index in [0.29, 0.717) is 24.6 Å². The van der Waals surface area contributed by atoms with Crippen molar-refractivity contribution in [2.45, 2.75) is 26.7 Å². The summed E-state index contributed by atoms with van der Waals surface area (Å²) in [6.07, 6.45) is 3.23. The number of hydrogen-bond donors (Lipinski definition) is 0. The summed E-state index contributed by atoms with van der Waals surface area (Å²) in [7, 11) is 0. The van der Waals surface area contributed by atoms with Gasteiger partial charge in [-0.2, -0.15) is 0 Å². The predicted octanol–water partition coefficient (Wildman–Crippen LogP) is 2.23. The smallest absolute Gasteiger partial charge is 0.242 e. The molecule has 0 aliphatic carbocycles. The van der Waals surface area contributed by atoms with Crippen molar-refractivity contribution in [3.8, 4) is 0 Å². The second kappa shape index (κ2) is 5.10. The van der Waals surface area contributed by atoms with Gasteiger partial charge in [0, 0.05) is 18.9 Å². The van der Waals surface area contributed by atoms with Crippen LogP contribution in [0.4, 0.5) is 0 Å². The Hall–Kier alpha value is -0.900. The van der Waals surface area contributed by atoms with Crippen LogP contribution in [0.25, 0.3) is 0 Å². The van der Waals surface area contributed by atoms with Gasteiger partial charge in [-0.15, -0.1) is 0 Å². The molecule has 80 valence electrons. The Balaban J connectivity index is 2.60. The minimum atomic E-state index is -0.266. The molecule has 1 rings (SSSR count). The molecule has 0 radical (unpaired) electrons. The molecule has 1 heterocycles. The van der Waals surface area contributed by atoms with Gasteiger partial charge >= 0.3 is 0 Å². The fraction of sp³-hybridized carbons (Fsp3) is 0.800. The maximum atomic E-state index is 10.7. The molecule has 0 bridgehead atoms. The minimum absolute atomic E-state index is 0.245. The van der Waals surface area contributed by atoms with Crippen LogP contribution in [0.15, 0.2) is 11.8 Å². The largest absolute Gasteiger partial charge is 0.381 e. The number of nitrogens with zero attached hydrogens (tertiary/aromatic N) is 1. The van der Waals surface area contributed by atoms with Crippen LogP contribution in [0, 0.1) is 22.0 Å². The van der Waals surface area contributed by atoms with E-state index in [-0.39, 0.29) is 10.8 Å². The van der Waals surface area contributed by atoms with Crippen LogP contribution in [0.2, 0.25) is 0 Å². The van der Waals surface area contributed by atoms with Gasteiger partial charge in [-0.25, -0.2) is 0 Å². The molecule has 0 aromatic carbocycles. The van der Waals surface area contributed by atoms with Gasteiger partial charge in [-0.1, -0.05) is 13.8 Å². The van der Waals surface area contributed by atoms with Crippen LogP contribution < -0.4 is 0 Å². The average molecular weight is 199 g/mol. The molecule has 0 spiro atoms. The lowest BCUT2D eigenvalue weighted by Crippen LogP contribution is -2.06. The van der Waals surface area contributed by atoms with Crippen molar-refractivity contribution < 1.29 is 9.66 Å². The van der Waals surface area contributed by atoms with E-state index in [0.717, 1.165) is 13.0 Å². The maximum absolute atomic E-state index is 10.7. The summed E-state index contributed by atoms with van der Waals surface area (Å²) >= 11 is 0. The van der Waals surface area contributed by atoms with Crippen LogP contribution in [0.5, 0.6) is 0 Å². The van der Waals surface area contributed by atoms with E-state index in [1.165, 1.54) is 0 Å². The fourth-order valence-corrected chi connectivity index (χ4v) is 1.58. The molecule has 4 nitrogen and oxygen atoms in total. The van der Waals surface area contributed by atoms with Crippen LogP contribution in [0.1, 0.15) is 26.7 Å². The summed E-state index contributed by atoms with van der Waals surface area (Å²) in [5, 5.41) is 10.7. The van der Waals surface area contributed by atoms with Gasteiger partial charge in [0.1, 0.15) is 0 Å². The minimum Gasteiger partial charge on any atom is -0.381 e.